The van der Waals surface area contributed by atoms with Gasteiger partial charge in [-0.25, -0.2) is 4.79 Å². The van der Waals surface area contributed by atoms with Crippen LogP contribution in [0.15, 0.2) is 23.3 Å². The van der Waals surface area contributed by atoms with E-state index in [1.807, 2.05) is 0 Å². The molecule has 0 aliphatic carbocycles. The van der Waals surface area contributed by atoms with Gasteiger partial charge in [-0.1, -0.05) is 32.9 Å². The minimum absolute atomic E-state index is 0.246. The van der Waals surface area contributed by atoms with Crippen LogP contribution in [0.2, 0.25) is 0 Å². The lowest BCUT2D eigenvalue weighted by atomic mass is 9.86. The summed E-state index contributed by atoms with van der Waals surface area (Å²) >= 11 is 0. The second-order valence-corrected chi connectivity index (χ2v) is 6.71. The van der Waals surface area contributed by atoms with E-state index in [-0.39, 0.29) is 6.61 Å². The van der Waals surface area contributed by atoms with Crippen molar-refractivity contribution in [1.29, 1.82) is 0 Å². The third-order valence-corrected chi connectivity index (χ3v) is 3.91. The Morgan fingerprint density at radius 2 is 1.88 bits per heavy atom. The number of carbonyl (C=O) groups is 2. The molecule has 0 radical (unpaired) electrons. The minimum Gasteiger partial charge on any atom is -0.448 e. The molecule has 0 saturated carbocycles. The molecule has 0 aromatic heterocycles. The van der Waals surface area contributed by atoms with Crippen molar-refractivity contribution in [2.75, 3.05) is 6.61 Å². The summed E-state index contributed by atoms with van der Waals surface area (Å²) in [7, 11) is 0. The number of halogens is 3. The van der Waals surface area contributed by atoms with Gasteiger partial charge in [-0.2, -0.15) is 13.2 Å². The molecule has 2 aliphatic rings. The molecule has 2 bridgehead atoms. The summed E-state index contributed by atoms with van der Waals surface area (Å²) in [4.78, 5) is 23.2. The molecule has 0 saturated heterocycles. The van der Waals surface area contributed by atoms with E-state index in [2.05, 4.69) is 5.32 Å². The highest BCUT2D eigenvalue weighted by Crippen LogP contribution is 2.43. The highest BCUT2D eigenvalue weighted by molar-refractivity contribution is 5.97. The molecule has 9 heteroatoms. The minimum atomic E-state index is -4.67. The number of hydrogen-bond donors (Lipinski definition) is 2. The lowest BCUT2D eigenvalue weighted by Gasteiger charge is -2.31. The van der Waals surface area contributed by atoms with E-state index in [0.717, 1.165) is 0 Å². The van der Waals surface area contributed by atoms with Crippen LogP contribution in [-0.2, 0) is 14.3 Å². The van der Waals surface area contributed by atoms with Gasteiger partial charge in [0.05, 0.1) is 17.2 Å². The molecule has 0 aromatic carbocycles. The standard InChI is InChI=1S/C15H19F3N2O4/c1-14(2,3)9(6-23-13(19)22)20-12(21)10-7-4-5-8(24-7)11(10)15(16,17)18/h4-5,7-9H,6H2,1-3H3,(H2,19,22)(H,20,21). The number of nitrogens with two attached hydrogens (primary N) is 1. The van der Waals surface area contributed by atoms with Gasteiger partial charge in [0.1, 0.15) is 18.8 Å². The van der Waals surface area contributed by atoms with Crippen LogP contribution in [0.3, 0.4) is 0 Å². The molecule has 3 unspecified atom stereocenters. The lowest BCUT2D eigenvalue weighted by Crippen LogP contribution is -2.49. The Labute approximate surface area is 136 Å². The molecule has 0 aromatic rings. The van der Waals surface area contributed by atoms with Crippen LogP contribution in [0.25, 0.3) is 0 Å². The van der Waals surface area contributed by atoms with Crippen LogP contribution in [0, 0.1) is 5.41 Å². The highest BCUT2D eigenvalue weighted by atomic mass is 19.4. The van der Waals surface area contributed by atoms with Crippen molar-refractivity contribution in [3.8, 4) is 0 Å². The first-order valence-corrected chi connectivity index (χ1v) is 7.29. The normalized spacial score (nSPS) is 24.2. The van der Waals surface area contributed by atoms with Gasteiger partial charge in [-0.15, -0.1) is 0 Å². The van der Waals surface area contributed by atoms with Gasteiger partial charge in [-0.05, 0) is 5.41 Å². The molecule has 6 nitrogen and oxygen atoms in total. The maximum Gasteiger partial charge on any atom is 0.416 e. The first-order chi connectivity index (χ1) is 10.9. The molecule has 0 spiro atoms. The van der Waals surface area contributed by atoms with Gasteiger partial charge in [0.2, 0.25) is 0 Å². The van der Waals surface area contributed by atoms with Gasteiger partial charge < -0.3 is 20.5 Å². The van der Waals surface area contributed by atoms with E-state index in [0.29, 0.717) is 0 Å². The molecule has 2 rings (SSSR count). The Hall–Kier alpha value is -2.03. The maximum absolute atomic E-state index is 13.2. The topological polar surface area (TPSA) is 90.6 Å². The summed E-state index contributed by atoms with van der Waals surface area (Å²) in [6.07, 6.45) is -5.28. The van der Waals surface area contributed by atoms with Gasteiger partial charge in [0.25, 0.3) is 5.91 Å². The SMILES string of the molecule is CC(C)(C)C(COC(N)=O)NC(=O)C1=C(C(F)(F)F)C2C=CC1O2. The predicted molar refractivity (Wildman–Crippen MR) is 77.8 cm³/mol. The number of alkyl halides is 3. The quantitative estimate of drug-likeness (QED) is 0.758. The lowest BCUT2D eigenvalue weighted by molar-refractivity contribution is -0.121. The van der Waals surface area contributed by atoms with Crippen molar-refractivity contribution >= 4 is 12.0 Å². The molecule has 2 amide bonds. The van der Waals surface area contributed by atoms with Crippen LogP contribution < -0.4 is 11.1 Å². The van der Waals surface area contributed by atoms with Crippen molar-refractivity contribution in [2.24, 2.45) is 11.1 Å². The molecule has 0 fully saturated rings. The van der Waals surface area contributed by atoms with E-state index in [4.69, 9.17) is 15.2 Å². The van der Waals surface area contributed by atoms with E-state index in [1.165, 1.54) is 12.2 Å². The Bertz CT molecular complexity index is 605. The fourth-order valence-corrected chi connectivity index (χ4v) is 2.56. The summed E-state index contributed by atoms with van der Waals surface area (Å²) in [5.74, 6) is -0.896. The van der Waals surface area contributed by atoms with E-state index in [1.54, 1.807) is 20.8 Å². The van der Waals surface area contributed by atoms with Crippen LogP contribution in [0.5, 0.6) is 0 Å². The van der Waals surface area contributed by atoms with Crippen molar-refractivity contribution in [3.05, 3.63) is 23.3 Å². The van der Waals surface area contributed by atoms with Gasteiger partial charge in [-0.3, -0.25) is 4.79 Å². The van der Waals surface area contributed by atoms with E-state index < -0.39 is 53.0 Å². The average Bonchev–Trinajstić information content (AvgIpc) is 3.01. The number of primary amides is 1. The summed E-state index contributed by atoms with van der Waals surface area (Å²) in [6, 6.07) is -0.720. The Kier molecular flexibility index (Phi) is 4.67. The summed E-state index contributed by atoms with van der Waals surface area (Å²) in [6.45, 7) is 5.00. The number of nitrogens with one attached hydrogen (secondary N) is 1. The first-order valence-electron chi connectivity index (χ1n) is 7.29. The number of amides is 2. The van der Waals surface area contributed by atoms with Gasteiger partial charge >= 0.3 is 12.3 Å². The summed E-state index contributed by atoms with van der Waals surface area (Å²) in [5, 5.41) is 2.50. The summed E-state index contributed by atoms with van der Waals surface area (Å²) in [5.41, 5.74) is 2.89. The zero-order valence-corrected chi connectivity index (χ0v) is 13.4. The number of rotatable bonds is 4. The first kappa shape index (κ1) is 18.3. The van der Waals surface area contributed by atoms with Crippen LogP contribution in [0.1, 0.15) is 20.8 Å². The van der Waals surface area contributed by atoms with E-state index in [9.17, 15) is 22.8 Å². The van der Waals surface area contributed by atoms with Crippen LogP contribution in [-0.4, -0.2) is 43.0 Å². The number of ether oxygens (including phenoxy) is 2. The number of fused-ring (bicyclic) bond motifs is 2. The molecule has 2 aliphatic heterocycles. The molecule has 3 N–H and O–H groups in total. The molecule has 24 heavy (non-hydrogen) atoms. The third-order valence-electron chi connectivity index (χ3n) is 3.91. The smallest absolute Gasteiger partial charge is 0.416 e. The van der Waals surface area contributed by atoms with E-state index >= 15 is 0 Å². The summed E-state index contributed by atoms with van der Waals surface area (Å²) < 4.78 is 49.5. The number of carbonyl (C=O) groups excluding carboxylic acids is 2. The van der Waals surface area contributed by atoms with Gasteiger partial charge in [0.15, 0.2) is 0 Å². The predicted octanol–water partition coefficient (Wildman–Crippen LogP) is 1.81. The van der Waals surface area contributed by atoms with Crippen molar-refractivity contribution in [1.82, 2.24) is 5.32 Å². The van der Waals surface area contributed by atoms with Crippen LogP contribution in [0.4, 0.5) is 18.0 Å². The monoisotopic (exact) mass is 348 g/mol. The second-order valence-electron chi connectivity index (χ2n) is 6.71. The Balaban J connectivity index is 2.23. The molecule has 134 valence electrons. The fourth-order valence-electron chi connectivity index (χ4n) is 2.56. The third kappa shape index (κ3) is 3.72. The molecule has 3 atom stereocenters. The molecular formula is C15H19F3N2O4. The van der Waals surface area contributed by atoms with Crippen molar-refractivity contribution in [2.45, 2.75) is 45.2 Å². The van der Waals surface area contributed by atoms with Crippen molar-refractivity contribution < 1.29 is 32.2 Å². The highest BCUT2D eigenvalue weighted by Gasteiger charge is 2.51. The second kappa shape index (κ2) is 6.12. The maximum atomic E-state index is 13.2. The fraction of sp³-hybridized carbons (Fsp3) is 0.600. The molecular weight excluding hydrogens is 329 g/mol. The van der Waals surface area contributed by atoms with Crippen LogP contribution >= 0.6 is 0 Å². The largest absolute Gasteiger partial charge is 0.448 e. The number of hydrogen-bond acceptors (Lipinski definition) is 4. The van der Waals surface area contributed by atoms with Gasteiger partial charge in [0, 0.05) is 0 Å². The Morgan fingerprint density at radius 3 is 2.38 bits per heavy atom. The molecule has 2 heterocycles. The zero-order valence-electron chi connectivity index (χ0n) is 13.4. The zero-order chi connectivity index (χ0) is 18.3. The Morgan fingerprint density at radius 1 is 1.29 bits per heavy atom. The average molecular weight is 348 g/mol. The van der Waals surface area contributed by atoms with Crippen molar-refractivity contribution in [3.63, 3.8) is 0 Å².